The molecule has 0 saturated carbocycles. The minimum Gasteiger partial charge on any atom is -0.324 e. The van der Waals surface area contributed by atoms with Crippen LogP contribution < -0.4 is 10.9 Å². The Hall–Kier alpha value is -2.05. The standard InChI is InChI=1S/C19H17BrN2O2S/c1-12-7-8-15(14(20)9-12)21-18(23)11-25-17-10-19(24)22(2)16-6-4-3-5-13(16)17/h3-10H,11H2,1-2H3,(H,21,23). The summed E-state index contributed by atoms with van der Waals surface area (Å²) in [6, 6.07) is 15.1. The first-order chi connectivity index (χ1) is 12.0. The summed E-state index contributed by atoms with van der Waals surface area (Å²) in [6.45, 7) is 1.99. The third-order valence-electron chi connectivity index (χ3n) is 3.87. The topological polar surface area (TPSA) is 51.1 Å². The number of rotatable bonds is 4. The van der Waals surface area contributed by atoms with Gasteiger partial charge in [-0.2, -0.15) is 0 Å². The molecular weight excluding hydrogens is 400 g/mol. The number of anilines is 1. The number of para-hydroxylation sites is 1. The highest BCUT2D eigenvalue weighted by molar-refractivity contribution is 9.10. The molecule has 25 heavy (non-hydrogen) atoms. The highest BCUT2D eigenvalue weighted by Gasteiger charge is 2.10. The van der Waals surface area contributed by atoms with Crippen LogP contribution in [-0.4, -0.2) is 16.2 Å². The quantitative estimate of drug-likeness (QED) is 0.643. The minimum atomic E-state index is -0.112. The van der Waals surface area contributed by atoms with E-state index in [4.69, 9.17) is 0 Å². The molecule has 0 saturated heterocycles. The number of nitrogens with zero attached hydrogens (tertiary/aromatic N) is 1. The Bertz CT molecular complexity index is 1010. The number of fused-ring (bicyclic) bond motifs is 1. The lowest BCUT2D eigenvalue weighted by Crippen LogP contribution is -2.17. The largest absolute Gasteiger partial charge is 0.324 e. The summed E-state index contributed by atoms with van der Waals surface area (Å²) in [5.41, 5.74) is 2.64. The van der Waals surface area contributed by atoms with Crippen molar-refractivity contribution in [1.82, 2.24) is 4.57 Å². The molecule has 2 aromatic carbocycles. The number of carbonyl (C=O) groups is 1. The fourth-order valence-electron chi connectivity index (χ4n) is 2.55. The van der Waals surface area contributed by atoms with Crippen molar-refractivity contribution in [2.24, 2.45) is 7.05 Å². The number of amides is 1. The van der Waals surface area contributed by atoms with E-state index in [-0.39, 0.29) is 17.2 Å². The van der Waals surface area contributed by atoms with Crippen molar-refractivity contribution in [3.8, 4) is 0 Å². The Morgan fingerprint density at radius 3 is 2.72 bits per heavy atom. The van der Waals surface area contributed by atoms with Crippen molar-refractivity contribution in [1.29, 1.82) is 0 Å². The highest BCUT2D eigenvalue weighted by atomic mass is 79.9. The van der Waals surface area contributed by atoms with Gasteiger partial charge in [0.15, 0.2) is 0 Å². The van der Waals surface area contributed by atoms with E-state index in [1.165, 1.54) is 11.8 Å². The van der Waals surface area contributed by atoms with Crippen molar-refractivity contribution in [3.05, 3.63) is 68.9 Å². The number of hydrogen-bond donors (Lipinski definition) is 1. The Morgan fingerprint density at radius 1 is 1.20 bits per heavy atom. The van der Waals surface area contributed by atoms with Crippen molar-refractivity contribution in [2.45, 2.75) is 11.8 Å². The molecule has 1 heterocycles. The van der Waals surface area contributed by atoms with E-state index in [0.717, 1.165) is 31.5 Å². The average molecular weight is 417 g/mol. The first kappa shape index (κ1) is 17.8. The molecule has 0 unspecified atom stereocenters. The summed E-state index contributed by atoms with van der Waals surface area (Å²) in [6.07, 6.45) is 0. The van der Waals surface area contributed by atoms with E-state index in [9.17, 15) is 9.59 Å². The predicted octanol–water partition coefficient (Wildman–Crippen LogP) is 4.34. The van der Waals surface area contributed by atoms with Crippen LogP contribution in [0.25, 0.3) is 10.9 Å². The number of benzene rings is 2. The van der Waals surface area contributed by atoms with Gasteiger partial charge in [-0.25, -0.2) is 0 Å². The molecule has 1 aromatic heterocycles. The lowest BCUT2D eigenvalue weighted by Gasteiger charge is -2.11. The number of thioether (sulfide) groups is 1. The summed E-state index contributed by atoms with van der Waals surface area (Å²) in [5, 5.41) is 3.86. The lowest BCUT2D eigenvalue weighted by atomic mass is 10.2. The lowest BCUT2D eigenvalue weighted by molar-refractivity contribution is -0.113. The van der Waals surface area contributed by atoms with Gasteiger partial charge in [0.1, 0.15) is 0 Å². The molecule has 1 amide bonds. The maximum atomic E-state index is 12.3. The molecule has 6 heteroatoms. The highest BCUT2D eigenvalue weighted by Crippen LogP contribution is 2.27. The molecule has 0 aliphatic heterocycles. The molecule has 0 aliphatic carbocycles. The molecule has 0 aliphatic rings. The number of halogens is 1. The van der Waals surface area contributed by atoms with Gasteiger partial charge in [0.05, 0.1) is 17.0 Å². The smallest absolute Gasteiger partial charge is 0.251 e. The molecule has 4 nitrogen and oxygen atoms in total. The van der Waals surface area contributed by atoms with Gasteiger partial charge < -0.3 is 9.88 Å². The zero-order chi connectivity index (χ0) is 18.0. The maximum Gasteiger partial charge on any atom is 0.251 e. The second kappa shape index (κ2) is 7.45. The van der Waals surface area contributed by atoms with Crippen LogP contribution in [0.3, 0.4) is 0 Å². The van der Waals surface area contributed by atoms with Crippen LogP contribution in [0.15, 0.2) is 62.7 Å². The second-order valence-corrected chi connectivity index (χ2v) is 7.61. The van der Waals surface area contributed by atoms with Crippen LogP contribution in [0.5, 0.6) is 0 Å². The van der Waals surface area contributed by atoms with E-state index < -0.39 is 0 Å². The summed E-state index contributed by atoms with van der Waals surface area (Å²) in [7, 11) is 1.75. The molecule has 3 rings (SSSR count). The van der Waals surface area contributed by atoms with Crippen LogP contribution in [0.4, 0.5) is 5.69 Å². The van der Waals surface area contributed by atoms with E-state index in [1.807, 2.05) is 49.4 Å². The van der Waals surface area contributed by atoms with Gasteiger partial charge in [0.2, 0.25) is 5.91 Å². The molecule has 128 valence electrons. The number of hydrogen-bond acceptors (Lipinski definition) is 3. The summed E-state index contributed by atoms with van der Waals surface area (Å²) in [5.74, 6) is 0.122. The third kappa shape index (κ3) is 3.96. The zero-order valence-electron chi connectivity index (χ0n) is 13.9. The Kier molecular flexibility index (Phi) is 5.30. The first-order valence-electron chi connectivity index (χ1n) is 7.73. The average Bonchev–Trinajstić information content (AvgIpc) is 2.59. The maximum absolute atomic E-state index is 12.3. The fraction of sp³-hybridized carbons (Fsp3) is 0.158. The fourth-order valence-corrected chi connectivity index (χ4v) is 4.01. The van der Waals surface area contributed by atoms with Gasteiger partial charge in [0.25, 0.3) is 5.56 Å². The number of aryl methyl sites for hydroxylation is 2. The summed E-state index contributed by atoms with van der Waals surface area (Å²) in [4.78, 5) is 25.2. The summed E-state index contributed by atoms with van der Waals surface area (Å²) >= 11 is 4.82. The molecular formula is C19H17BrN2O2S. The molecule has 3 aromatic rings. The van der Waals surface area contributed by atoms with E-state index in [1.54, 1.807) is 17.7 Å². The molecule has 0 fully saturated rings. The predicted molar refractivity (Wildman–Crippen MR) is 107 cm³/mol. The molecule has 0 spiro atoms. The number of carbonyl (C=O) groups excluding carboxylic acids is 1. The van der Waals surface area contributed by atoms with E-state index >= 15 is 0 Å². The first-order valence-corrected chi connectivity index (χ1v) is 9.51. The van der Waals surface area contributed by atoms with Gasteiger partial charge >= 0.3 is 0 Å². The van der Waals surface area contributed by atoms with Gasteiger partial charge in [-0.15, -0.1) is 11.8 Å². The summed E-state index contributed by atoms with van der Waals surface area (Å²) < 4.78 is 2.47. The minimum absolute atomic E-state index is 0.0807. The van der Waals surface area contributed by atoms with Crippen molar-refractivity contribution < 1.29 is 4.79 Å². The van der Waals surface area contributed by atoms with Crippen LogP contribution >= 0.6 is 27.7 Å². The van der Waals surface area contributed by atoms with Crippen LogP contribution in [-0.2, 0) is 11.8 Å². The molecule has 0 radical (unpaired) electrons. The Labute approximate surface area is 158 Å². The number of nitrogens with one attached hydrogen (secondary N) is 1. The van der Waals surface area contributed by atoms with Gasteiger partial charge in [-0.3, -0.25) is 9.59 Å². The van der Waals surface area contributed by atoms with Gasteiger partial charge in [0, 0.05) is 27.9 Å². The normalized spacial score (nSPS) is 10.8. The Balaban J connectivity index is 1.77. The number of aromatic nitrogens is 1. The van der Waals surface area contributed by atoms with Gasteiger partial charge in [-0.05, 0) is 46.6 Å². The van der Waals surface area contributed by atoms with Crippen LogP contribution in [0.2, 0.25) is 0 Å². The van der Waals surface area contributed by atoms with Crippen LogP contribution in [0, 0.1) is 6.92 Å². The third-order valence-corrected chi connectivity index (χ3v) is 5.58. The Morgan fingerprint density at radius 2 is 1.96 bits per heavy atom. The van der Waals surface area contributed by atoms with Gasteiger partial charge in [-0.1, -0.05) is 24.3 Å². The SMILES string of the molecule is Cc1ccc(NC(=O)CSc2cc(=O)n(C)c3ccccc23)c(Br)c1. The van der Waals surface area contributed by atoms with Crippen LogP contribution in [0.1, 0.15) is 5.56 Å². The monoisotopic (exact) mass is 416 g/mol. The molecule has 0 bridgehead atoms. The van der Waals surface area contributed by atoms with Crippen molar-refractivity contribution >= 4 is 50.2 Å². The zero-order valence-corrected chi connectivity index (χ0v) is 16.3. The second-order valence-electron chi connectivity index (χ2n) is 5.74. The molecule has 0 atom stereocenters. The number of pyridine rings is 1. The van der Waals surface area contributed by atoms with Crippen molar-refractivity contribution in [2.75, 3.05) is 11.1 Å². The van der Waals surface area contributed by atoms with E-state index in [2.05, 4.69) is 21.2 Å². The van der Waals surface area contributed by atoms with E-state index in [0.29, 0.717) is 0 Å². The van der Waals surface area contributed by atoms with Crippen molar-refractivity contribution in [3.63, 3.8) is 0 Å². The molecule has 1 N–H and O–H groups in total.